The highest BCUT2D eigenvalue weighted by molar-refractivity contribution is 9.10. The Morgan fingerprint density at radius 2 is 1.95 bits per heavy atom. The summed E-state index contributed by atoms with van der Waals surface area (Å²) in [6, 6.07) is 7.33. The molecule has 1 aromatic carbocycles. The van der Waals surface area contributed by atoms with Crippen LogP contribution < -0.4 is 5.73 Å². The fourth-order valence-electron chi connectivity index (χ4n) is 2.38. The van der Waals surface area contributed by atoms with Gasteiger partial charge >= 0.3 is 0 Å². The average molecular weight is 339 g/mol. The van der Waals surface area contributed by atoms with Gasteiger partial charge in [-0.2, -0.15) is 0 Å². The molecule has 0 aromatic heterocycles. The fourth-order valence-corrected chi connectivity index (χ4v) is 2.64. The number of carbonyl (C=O) groups excluding carboxylic acids is 3. The molecule has 0 bridgehead atoms. The van der Waals surface area contributed by atoms with Crippen LogP contribution >= 0.6 is 15.9 Å². The first-order valence-corrected chi connectivity index (χ1v) is 7.03. The highest BCUT2D eigenvalue weighted by Gasteiger charge is 2.48. The van der Waals surface area contributed by atoms with Gasteiger partial charge in [0.25, 0.3) is 0 Å². The molecule has 106 valence electrons. The highest BCUT2D eigenvalue weighted by Crippen LogP contribution is 2.36. The quantitative estimate of drug-likeness (QED) is 0.841. The molecule has 1 fully saturated rings. The maximum atomic E-state index is 12.5. The number of nitrogens with two attached hydrogens (primary N) is 1. The molecule has 1 aliphatic rings. The predicted molar refractivity (Wildman–Crippen MR) is 76.6 cm³/mol. The van der Waals surface area contributed by atoms with E-state index in [1.54, 1.807) is 6.92 Å². The van der Waals surface area contributed by atoms with Gasteiger partial charge < -0.3 is 5.73 Å². The number of carbonyl (C=O) groups is 3. The van der Waals surface area contributed by atoms with Crippen molar-refractivity contribution < 1.29 is 14.4 Å². The molecular formula is C14H15BrN2O3. The van der Waals surface area contributed by atoms with Crippen molar-refractivity contribution in [3.63, 3.8) is 0 Å². The molecule has 5 nitrogen and oxygen atoms in total. The fraction of sp³-hybridized carbons (Fsp3) is 0.357. The normalized spacial score (nSPS) is 22.4. The van der Waals surface area contributed by atoms with Crippen molar-refractivity contribution in [3.8, 4) is 0 Å². The largest absolute Gasteiger partial charge is 0.370 e. The third kappa shape index (κ3) is 2.60. The summed E-state index contributed by atoms with van der Waals surface area (Å²) in [5, 5.41) is 0. The topological polar surface area (TPSA) is 80.5 Å². The third-order valence-electron chi connectivity index (χ3n) is 3.59. The van der Waals surface area contributed by atoms with E-state index < -0.39 is 11.3 Å². The first-order chi connectivity index (χ1) is 9.34. The number of imide groups is 1. The zero-order valence-electron chi connectivity index (χ0n) is 11.1. The predicted octanol–water partition coefficient (Wildman–Crippen LogP) is 1.34. The molecule has 2 N–H and O–H groups in total. The number of likely N-dealkylation sites (tertiary alicyclic amines) is 1. The Bertz CT molecular complexity index is 570. The van der Waals surface area contributed by atoms with Crippen molar-refractivity contribution in [2.75, 3.05) is 6.54 Å². The van der Waals surface area contributed by atoms with Gasteiger partial charge in [0, 0.05) is 23.9 Å². The lowest BCUT2D eigenvalue weighted by Crippen LogP contribution is -2.38. The number of amides is 3. The Hall–Kier alpha value is -1.69. The summed E-state index contributed by atoms with van der Waals surface area (Å²) in [6.45, 7) is 1.81. The Morgan fingerprint density at radius 1 is 1.35 bits per heavy atom. The summed E-state index contributed by atoms with van der Waals surface area (Å²) in [5.41, 5.74) is 4.99. The minimum absolute atomic E-state index is 0.00605. The molecule has 1 aliphatic heterocycles. The summed E-state index contributed by atoms with van der Waals surface area (Å²) >= 11 is 3.34. The average Bonchev–Trinajstić information content (AvgIpc) is 2.59. The first kappa shape index (κ1) is 14.7. The Labute approximate surface area is 125 Å². The minimum atomic E-state index is -0.866. The van der Waals surface area contributed by atoms with Crippen LogP contribution in [0.25, 0.3) is 0 Å². The maximum Gasteiger partial charge on any atom is 0.240 e. The molecule has 1 heterocycles. The van der Waals surface area contributed by atoms with E-state index in [1.807, 2.05) is 24.3 Å². The van der Waals surface area contributed by atoms with E-state index in [4.69, 9.17) is 5.73 Å². The summed E-state index contributed by atoms with van der Waals surface area (Å²) in [7, 11) is 0. The second-order valence-electron chi connectivity index (χ2n) is 5.08. The monoisotopic (exact) mass is 338 g/mol. The van der Waals surface area contributed by atoms with Crippen molar-refractivity contribution in [2.24, 2.45) is 5.73 Å². The van der Waals surface area contributed by atoms with E-state index >= 15 is 0 Å². The lowest BCUT2D eigenvalue weighted by molar-refractivity contribution is -0.140. The number of rotatable bonds is 4. The van der Waals surface area contributed by atoms with Crippen molar-refractivity contribution in [3.05, 3.63) is 34.3 Å². The van der Waals surface area contributed by atoms with Crippen LogP contribution in [0.5, 0.6) is 0 Å². The molecule has 1 atom stereocenters. The molecule has 2 rings (SSSR count). The van der Waals surface area contributed by atoms with Gasteiger partial charge in [-0.25, -0.2) is 0 Å². The van der Waals surface area contributed by atoms with Gasteiger partial charge in [-0.15, -0.1) is 0 Å². The molecule has 0 radical (unpaired) electrons. The Morgan fingerprint density at radius 3 is 2.50 bits per heavy atom. The van der Waals surface area contributed by atoms with Crippen LogP contribution in [0.1, 0.15) is 25.3 Å². The van der Waals surface area contributed by atoms with Gasteiger partial charge in [0.05, 0.1) is 5.41 Å². The molecule has 3 amide bonds. The first-order valence-electron chi connectivity index (χ1n) is 6.24. The summed E-state index contributed by atoms with van der Waals surface area (Å²) in [4.78, 5) is 36.4. The van der Waals surface area contributed by atoms with Gasteiger partial charge in [0.1, 0.15) is 0 Å². The molecule has 1 aromatic rings. The molecule has 20 heavy (non-hydrogen) atoms. The molecule has 6 heteroatoms. The summed E-state index contributed by atoms with van der Waals surface area (Å²) < 4.78 is 0.909. The van der Waals surface area contributed by atoms with E-state index in [2.05, 4.69) is 15.9 Å². The lowest BCUT2D eigenvalue weighted by atomic mass is 9.81. The van der Waals surface area contributed by atoms with Gasteiger partial charge in [0.2, 0.25) is 17.7 Å². The molecule has 0 spiro atoms. The van der Waals surface area contributed by atoms with Crippen molar-refractivity contribution in [1.29, 1.82) is 0 Å². The van der Waals surface area contributed by atoms with Crippen molar-refractivity contribution in [2.45, 2.75) is 25.2 Å². The number of benzene rings is 1. The van der Waals surface area contributed by atoms with Crippen LogP contribution in [0.15, 0.2) is 28.7 Å². The van der Waals surface area contributed by atoms with Crippen molar-refractivity contribution >= 4 is 33.7 Å². The van der Waals surface area contributed by atoms with Crippen LogP contribution in [0.4, 0.5) is 0 Å². The second kappa shape index (κ2) is 5.36. The molecule has 0 unspecified atom stereocenters. The van der Waals surface area contributed by atoms with Gasteiger partial charge in [0.15, 0.2) is 0 Å². The van der Waals surface area contributed by atoms with E-state index in [0.29, 0.717) is 0 Å². The number of hydrogen-bond acceptors (Lipinski definition) is 3. The smallest absolute Gasteiger partial charge is 0.240 e. The SMILES string of the molecule is C[C@]1(c2ccc(Br)cc2)CC(=O)N(CCC(N)=O)C1=O. The van der Waals surface area contributed by atoms with Gasteiger partial charge in [-0.1, -0.05) is 28.1 Å². The standard InChI is InChI=1S/C14H15BrN2O3/c1-14(9-2-4-10(15)5-3-9)8-12(19)17(13(14)20)7-6-11(16)18/h2-5H,6-8H2,1H3,(H2,16,18)/t14-/m1/s1. The maximum absolute atomic E-state index is 12.5. The number of primary amides is 1. The van der Waals surface area contributed by atoms with E-state index in [-0.39, 0.29) is 31.2 Å². The summed E-state index contributed by atoms with van der Waals surface area (Å²) in [5.74, 6) is -1.06. The van der Waals surface area contributed by atoms with Crippen LogP contribution in [0.3, 0.4) is 0 Å². The number of halogens is 1. The van der Waals surface area contributed by atoms with Crippen LogP contribution in [0, 0.1) is 0 Å². The third-order valence-corrected chi connectivity index (χ3v) is 4.11. The Kier molecular flexibility index (Phi) is 3.94. The molecule has 0 aliphatic carbocycles. The molecular weight excluding hydrogens is 324 g/mol. The zero-order chi connectivity index (χ0) is 14.9. The van der Waals surface area contributed by atoms with Crippen LogP contribution in [-0.4, -0.2) is 29.2 Å². The van der Waals surface area contributed by atoms with Crippen LogP contribution in [0.2, 0.25) is 0 Å². The summed E-state index contributed by atoms with van der Waals surface area (Å²) in [6.07, 6.45) is 0.111. The lowest BCUT2D eigenvalue weighted by Gasteiger charge is -2.22. The molecule has 0 saturated carbocycles. The van der Waals surface area contributed by atoms with E-state index in [0.717, 1.165) is 14.9 Å². The number of nitrogens with zero attached hydrogens (tertiary/aromatic N) is 1. The second-order valence-corrected chi connectivity index (χ2v) is 6.00. The number of hydrogen-bond donors (Lipinski definition) is 1. The zero-order valence-corrected chi connectivity index (χ0v) is 12.6. The highest BCUT2D eigenvalue weighted by atomic mass is 79.9. The van der Waals surface area contributed by atoms with E-state index in [9.17, 15) is 14.4 Å². The van der Waals surface area contributed by atoms with Gasteiger partial charge in [-0.05, 0) is 24.6 Å². The van der Waals surface area contributed by atoms with Gasteiger partial charge in [-0.3, -0.25) is 19.3 Å². The Balaban J connectivity index is 2.25. The van der Waals surface area contributed by atoms with E-state index in [1.165, 1.54) is 0 Å². The molecule has 1 saturated heterocycles. The van der Waals surface area contributed by atoms with Crippen LogP contribution in [-0.2, 0) is 19.8 Å². The minimum Gasteiger partial charge on any atom is -0.370 e. The van der Waals surface area contributed by atoms with Crippen molar-refractivity contribution in [1.82, 2.24) is 4.90 Å².